The van der Waals surface area contributed by atoms with Gasteiger partial charge in [-0.2, -0.15) is 0 Å². The zero-order valence-corrected chi connectivity index (χ0v) is 12.7. The molecule has 21 heavy (non-hydrogen) atoms. The van der Waals surface area contributed by atoms with Crippen LogP contribution in [0.3, 0.4) is 0 Å². The number of carboxylic acid groups (broad SMARTS) is 1. The quantitative estimate of drug-likeness (QED) is 0.709. The van der Waals surface area contributed by atoms with Crippen molar-refractivity contribution in [2.45, 2.75) is 39.5 Å². The second kappa shape index (κ2) is 9.16. The van der Waals surface area contributed by atoms with Crippen molar-refractivity contribution in [1.29, 1.82) is 0 Å². The minimum Gasteiger partial charge on any atom is -0.481 e. The van der Waals surface area contributed by atoms with Gasteiger partial charge < -0.3 is 9.84 Å². The molecule has 0 aliphatic carbocycles. The molecule has 1 rings (SSSR count). The second-order valence-corrected chi connectivity index (χ2v) is 5.09. The number of hydrogen-bond acceptors (Lipinski definition) is 3. The van der Waals surface area contributed by atoms with Gasteiger partial charge in [-0.3, -0.25) is 9.59 Å². The number of benzene rings is 1. The summed E-state index contributed by atoms with van der Waals surface area (Å²) >= 11 is 0. The fraction of sp³-hybridized carbons (Fsp3) is 0.529. The van der Waals surface area contributed by atoms with Crippen LogP contribution in [-0.2, 0) is 20.7 Å². The Balaban J connectivity index is 2.64. The molecule has 2 atom stereocenters. The molecule has 0 bridgehead atoms. The first-order valence-electron chi connectivity index (χ1n) is 7.53. The summed E-state index contributed by atoms with van der Waals surface area (Å²) in [4.78, 5) is 23.3. The molecule has 116 valence electrons. The van der Waals surface area contributed by atoms with E-state index in [9.17, 15) is 14.7 Å². The zero-order valence-electron chi connectivity index (χ0n) is 12.7. The smallest absolute Gasteiger partial charge is 0.309 e. The van der Waals surface area contributed by atoms with Gasteiger partial charge in [-0.1, -0.05) is 37.3 Å². The van der Waals surface area contributed by atoms with Crippen LogP contribution in [0.4, 0.5) is 0 Å². The van der Waals surface area contributed by atoms with Gasteiger partial charge in [0.25, 0.3) is 0 Å². The number of ether oxygens (including phenoxy) is 1. The van der Waals surface area contributed by atoms with Gasteiger partial charge in [0.05, 0.1) is 18.4 Å². The number of carboxylic acids is 1. The second-order valence-electron chi connectivity index (χ2n) is 5.09. The first kappa shape index (κ1) is 17.2. The molecular weight excluding hydrogens is 268 g/mol. The van der Waals surface area contributed by atoms with Crippen molar-refractivity contribution in [2.24, 2.45) is 11.8 Å². The van der Waals surface area contributed by atoms with Crippen LogP contribution in [0.2, 0.25) is 0 Å². The largest absolute Gasteiger partial charge is 0.481 e. The van der Waals surface area contributed by atoms with Crippen LogP contribution in [0.1, 0.15) is 38.7 Å². The summed E-state index contributed by atoms with van der Waals surface area (Å²) in [5.41, 5.74) is 1.20. The zero-order chi connectivity index (χ0) is 15.7. The van der Waals surface area contributed by atoms with Gasteiger partial charge in [0, 0.05) is 0 Å². The Hall–Kier alpha value is -1.84. The van der Waals surface area contributed by atoms with E-state index in [0.29, 0.717) is 12.8 Å². The van der Waals surface area contributed by atoms with E-state index < -0.39 is 17.8 Å². The Labute approximate surface area is 126 Å². The molecular formula is C17H24O4. The molecule has 0 aromatic heterocycles. The van der Waals surface area contributed by atoms with Crippen LogP contribution in [-0.4, -0.2) is 23.7 Å². The minimum atomic E-state index is -0.921. The van der Waals surface area contributed by atoms with Crippen LogP contribution in [0.25, 0.3) is 0 Å². The molecule has 0 aliphatic heterocycles. The Kier molecular flexibility index (Phi) is 7.51. The number of rotatable bonds is 9. The van der Waals surface area contributed by atoms with Crippen molar-refractivity contribution in [3.8, 4) is 0 Å². The van der Waals surface area contributed by atoms with E-state index >= 15 is 0 Å². The van der Waals surface area contributed by atoms with Gasteiger partial charge in [0.1, 0.15) is 0 Å². The number of esters is 1. The van der Waals surface area contributed by atoms with Gasteiger partial charge in [0.2, 0.25) is 0 Å². The summed E-state index contributed by atoms with van der Waals surface area (Å²) < 4.78 is 5.04. The number of carbonyl (C=O) groups excluding carboxylic acids is 1. The average molecular weight is 292 g/mol. The molecule has 4 heteroatoms. The van der Waals surface area contributed by atoms with E-state index in [1.54, 1.807) is 13.8 Å². The maximum atomic E-state index is 12.0. The lowest BCUT2D eigenvalue weighted by Crippen LogP contribution is -2.31. The summed E-state index contributed by atoms with van der Waals surface area (Å²) in [6.45, 7) is 3.81. The van der Waals surface area contributed by atoms with E-state index in [2.05, 4.69) is 0 Å². The van der Waals surface area contributed by atoms with Crippen molar-refractivity contribution in [1.82, 2.24) is 0 Å². The molecule has 0 saturated carbocycles. The monoisotopic (exact) mass is 292 g/mol. The van der Waals surface area contributed by atoms with Gasteiger partial charge in [-0.15, -0.1) is 0 Å². The van der Waals surface area contributed by atoms with Crippen LogP contribution in [0.15, 0.2) is 30.3 Å². The van der Waals surface area contributed by atoms with Crippen molar-refractivity contribution in [2.75, 3.05) is 6.61 Å². The maximum absolute atomic E-state index is 12.0. The molecule has 4 nitrogen and oxygen atoms in total. The van der Waals surface area contributed by atoms with Crippen molar-refractivity contribution in [3.63, 3.8) is 0 Å². The Morgan fingerprint density at radius 2 is 1.81 bits per heavy atom. The van der Waals surface area contributed by atoms with Crippen LogP contribution >= 0.6 is 0 Å². The van der Waals surface area contributed by atoms with E-state index in [1.807, 2.05) is 30.3 Å². The minimum absolute atomic E-state index is 0.282. The molecule has 0 aliphatic rings. The number of carbonyl (C=O) groups is 2. The fourth-order valence-electron chi connectivity index (χ4n) is 2.53. The summed E-state index contributed by atoms with van der Waals surface area (Å²) in [6.07, 6.45) is 2.59. The molecule has 0 unspecified atom stereocenters. The number of aliphatic carboxylic acids is 1. The van der Waals surface area contributed by atoms with E-state index in [4.69, 9.17) is 4.74 Å². The van der Waals surface area contributed by atoms with Crippen molar-refractivity contribution >= 4 is 11.9 Å². The summed E-state index contributed by atoms with van der Waals surface area (Å²) in [5.74, 6) is -2.54. The van der Waals surface area contributed by atoms with Crippen molar-refractivity contribution in [3.05, 3.63) is 35.9 Å². The van der Waals surface area contributed by atoms with E-state index in [0.717, 1.165) is 12.8 Å². The van der Waals surface area contributed by atoms with Crippen LogP contribution in [0.5, 0.6) is 0 Å². The molecule has 1 aromatic carbocycles. The average Bonchev–Trinajstić information content (AvgIpc) is 2.47. The first-order chi connectivity index (χ1) is 10.1. The first-order valence-corrected chi connectivity index (χ1v) is 7.53. The number of aryl methyl sites for hydroxylation is 1. The summed E-state index contributed by atoms with van der Waals surface area (Å²) in [6, 6.07) is 9.98. The highest BCUT2D eigenvalue weighted by Crippen LogP contribution is 2.24. The maximum Gasteiger partial charge on any atom is 0.309 e. The lowest BCUT2D eigenvalue weighted by molar-refractivity contribution is -0.158. The molecule has 0 radical (unpaired) electrons. The SMILES string of the molecule is CCOC(=O)[C@H](CCCc1ccccc1)[C@@H](CC)C(=O)O. The topological polar surface area (TPSA) is 63.6 Å². The Morgan fingerprint density at radius 1 is 1.14 bits per heavy atom. The molecule has 0 fully saturated rings. The van der Waals surface area contributed by atoms with Crippen LogP contribution < -0.4 is 0 Å². The standard InChI is InChI=1S/C17H24O4/c1-3-14(16(18)19)15(17(20)21-4-2)12-8-11-13-9-6-5-7-10-13/h5-7,9-10,14-15H,3-4,8,11-12H2,1-2H3,(H,18,19)/t14-,15-/m1/s1. The molecule has 0 saturated heterocycles. The van der Waals surface area contributed by atoms with Gasteiger partial charge in [-0.05, 0) is 38.2 Å². The van der Waals surface area contributed by atoms with Gasteiger partial charge >= 0.3 is 11.9 Å². The van der Waals surface area contributed by atoms with E-state index in [-0.39, 0.29) is 12.6 Å². The molecule has 0 spiro atoms. The molecule has 0 amide bonds. The number of hydrogen-bond donors (Lipinski definition) is 1. The third-order valence-corrected chi connectivity index (χ3v) is 3.66. The Morgan fingerprint density at radius 3 is 2.33 bits per heavy atom. The molecule has 1 N–H and O–H groups in total. The van der Waals surface area contributed by atoms with Crippen molar-refractivity contribution < 1.29 is 19.4 Å². The predicted octanol–water partition coefficient (Wildman–Crippen LogP) is 3.30. The fourth-order valence-corrected chi connectivity index (χ4v) is 2.53. The lowest BCUT2D eigenvalue weighted by Gasteiger charge is -2.21. The normalized spacial score (nSPS) is 13.4. The van der Waals surface area contributed by atoms with Gasteiger partial charge in [0.15, 0.2) is 0 Å². The summed E-state index contributed by atoms with van der Waals surface area (Å²) in [5, 5.41) is 9.27. The molecule has 0 heterocycles. The summed E-state index contributed by atoms with van der Waals surface area (Å²) in [7, 11) is 0. The van der Waals surface area contributed by atoms with E-state index in [1.165, 1.54) is 5.56 Å². The lowest BCUT2D eigenvalue weighted by atomic mass is 9.85. The highest BCUT2D eigenvalue weighted by Gasteiger charge is 2.32. The third-order valence-electron chi connectivity index (χ3n) is 3.66. The third kappa shape index (κ3) is 5.58. The van der Waals surface area contributed by atoms with Crippen LogP contribution in [0, 0.1) is 11.8 Å². The highest BCUT2D eigenvalue weighted by molar-refractivity contribution is 5.81. The molecule has 1 aromatic rings. The predicted molar refractivity (Wildman–Crippen MR) is 80.9 cm³/mol. The van der Waals surface area contributed by atoms with Gasteiger partial charge in [-0.25, -0.2) is 0 Å². The Bertz CT molecular complexity index is 441. The highest BCUT2D eigenvalue weighted by atomic mass is 16.5.